The van der Waals surface area contributed by atoms with E-state index in [9.17, 15) is 4.79 Å². The molecule has 0 atom stereocenters. The highest BCUT2D eigenvalue weighted by atomic mass is 16.5. The first-order valence-corrected chi connectivity index (χ1v) is 6.70. The van der Waals surface area contributed by atoms with Gasteiger partial charge in [-0.1, -0.05) is 0 Å². The minimum absolute atomic E-state index is 0.0570. The number of hydrogen-bond acceptors (Lipinski definition) is 5. The number of carbonyl (C=O) groups is 1. The quantitative estimate of drug-likeness (QED) is 0.609. The molecule has 7 nitrogen and oxygen atoms in total. The Bertz CT molecular complexity index is 556. The monoisotopic (exact) mass is 289 g/mol. The summed E-state index contributed by atoms with van der Waals surface area (Å²) in [4.78, 5) is 15.6. The zero-order valence-electron chi connectivity index (χ0n) is 11.9. The fourth-order valence-corrected chi connectivity index (χ4v) is 1.87. The molecule has 0 unspecified atom stereocenters. The van der Waals surface area contributed by atoms with E-state index in [1.165, 1.54) is 0 Å². The summed E-state index contributed by atoms with van der Waals surface area (Å²) >= 11 is 0. The van der Waals surface area contributed by atoms with Gasteiger partial charge < -0.3 is 15.4 Å². The SMILES string of the molecule is COCCNC(=O)CNCc1cn[nH]c1-c1cccnc1. The highest BCUT2D eigenvalue weighted by molar-refractivity contribution is 5.78. The van der Waals surface area contributed by atoms with E-state index in [1.807, 2.05) is 12.1 Å². The van der Waals surface area contributed by atoms with Crippen molar-refractivity contribution in [3.63, 3.8) is 0 Å². The fourth-order valence-electron chi connectivity index (χ4n) is 1.87. The Hall–Kier alpha value is -2.25. The number of carbonyl (C=O) groups excluding carboxylic acids is 1. The van der Waals surface area contributed by atoms with E-state index in [2.05, 4.69) is 25.8 Å². The standard InChI is InChI=1S/C14H19N5O2/c1-21-6-5-17-13(20)10-16-8-12-9-18-19-14(12)11-3-2-4-15-7-11/h2-4,7,9,16H,5-6,8,10H2,1H3,(H,17,20)(H,18,19). The Kier molecular flexibility index (Phi) is 5.86. The van der Waals surface area contributed by atoms with E-state index >= 15 is 0 Å². The van der Waals surface area contributed by atoms with Crippen LogP contribution in [0.2, 0.25) is 0 Å². The van der Waals surface area contributed by atoms with E-state index in [4.69, 9.17) is 4.74 Å². The number of hydrogen-bond donors (Lipinski definition) is 3. The van der Waals surface area contributed by atoms with Crippen molar-refractivity contribution in [1.82, 2.24) is 25.8 Å². The Morgan fingerprint density at radius 2 is 2.33 bits per heavy atom. The van der Waals surface area contributed by atoms with Crippen molar-refractivity contribution in [2.75, 3.05) is 26.8 Å². The topological polar surface area (TPSA) is 91.9 Å². The van der Waals surface area contributed by atoms with E-state index < -0.39 is 0 Å². The lowest BCUT2D eigenvalue weighted by Gasteiger charge is -2.06. The van der Waals surface area contributed by atoms with Crippen molar-refractivity contribution < 1.29 is 9.53 Å². The lowest BCUT2D eigenvalue weighted by Crippen LogP contribution is -2.35. The van der Waals surface area contributed by atoms with Crippen LogP contribution in [-0.4, -0.2) is 47.9 Å². The molecule has 0 aliphatic rings. The third kappa shape index (κ3) is 4.66. The average Bonchev–Trinajstić information content (AvgIpc) is 2.97. The van der Waals surface area contributed by atoms with Crippen molar-refractivity contribution in [1.29, 1.82) is 0 Å². The number of aromatic amines is 1. The highest BCUT2D eigenvalue weighted by Gasteiger charge is 2.08. The smallest absolute Gasteiger partial charge is 0.234 e. The Morgan fingerprint density at radius 1 is 1.43 bits per heavy atom. The molecular formula is C14H19N5O2. The van der Waals surface area contributed by atoms with Gasteiger partial charge in [-0.2, -0.15) is 5.10 Å². The molecule has 0 fully saturated rings. The molecule has 0 aromatic carbocycles. The Morgan fingerprint density at radius 3 is 3.10 bits per heavy atom. The van der Waals surface area contributed by atoms with Crippen molar-refractivity contribution in [2.45, 2.75) is 6.54 Å². The summed E-state index contributed by atoms with van der Waals surface area (Å²) in [5.41, 5.74) is 2.87. The molecule has 2 aromatic heterocycles. The van der Waals surface area contributed by atoms with Gasteiger partial charge in [-0.3, -0.25) is 14.9 Å². The maximum absolute atomic E-state index is 11.5. The summed E-state index contributed by atoms with van der Waals surface area (Å²) in [7, 11) is 1.60. The van der Waals surface area contributed by atoms with E-state index in [-0.39, 0.29) is 12.5 Å². The Labute approximate surface area is 123 Å². The first-order valence-electron chi connectivity index (χ1n) is 6.70. The van der Waals surface area contributed by atoms with Crippen LogP contribution in [0.4, 0.5) is 0 Å². The minimum atomic E-state index is -0.0570. The molecule has 3 N–H and O–H groups in total. The molecule has 0 aliphatic heterocycles. The molecule has 1 amide bonds. The van der Waals surface area contributed by atoms with Crippen LogP contribution in [0.1, 0.15) is 5.56 Å². The summed E-state index contributed by atoms with van der Waals surface area (Å²) in [6.07, 6.45) is 5.24. The zero-order valence-corrected chi connectivity index (χ0v) is 11.9. The molecular weight excluding hydrogens is 270 g/mol. The molecule has 0 radical (unpaired) electrons. The molecule has 0 saturated heterocycles. The molecule has 7 heteroatoms. The van der Waals surface area contributed by atoms with E-state index in [1.54, 1.807) is 25.7 Å². The molecule has 2 heterocycles. The number of pyridine rings is 1. The number of ether oxygens (including phenoxy) is 1. The molecule has 2 aromatic rings. The van der Waals surface area contributed by atoms with Gasteiger partial charge in [0.25, 0.3) is 0 Å². The Balaban J connectivity index is 1.82. The molecule has 2 rings (SSSR count). The molecule has 0 bridgehead atoms. The van der Waals surface area contributed by atoms with Crippen molar-refractivity contribution in [3.8, 4) is 11.3 Å². The predicted molar refractivity (Wildman–Crippen MR) is 78.4 cm³/mol. The van der Waals surface area contributed by atoms with Crippen LogP contribution in [-0.2, 0) is 16.1 Å². The van der Waals surface area contributed by atoms with Crippen LogP contribution < -0.4 is 10.6 Å². The van der Waals surface area contributed by atoms with Crippen LogP contribution in [0.3, 0.4) is 0 Å². The van der Waals surface area contributed by atoms with Crippen LogP contribution >= 0.6 is 0 Å². The molecule has 0 spiro atoms. The van der Waals surface area contributed by atoms with E-state index in [0.717, 1.165) is 16.8 Å². The molecule has 21 heavy (non-hydrogen) atoms. The second-order valence-electron chi connectivity index (χ2n) is 4.46. The molecule has 0 aliphatic carbocycles. The number of aromatic nitrogens is 3. The van der Waals surface area contributed by atoms with Crippen LogP contribution in [0.25, 0.3) is 11.3 Å². The van der Waals surface area contributed by atoms with Gasteiger partial charge in [0, 0.05) is 43.7 Å². The van der Waals surface area contributed by atoms with Gasteiger partial charge in [-0.05, 0) is 12.1 Å². The van der Waals surface area contributed by atoms with Crippen molar-refractivity contribution >= 4 is 5.91 Å². The predicted octanol–water partition coefficient (Wildman–Crippen LogP) is 0.324. The summed E-state index contributed by atoms with van der Waals surface area (Å²) in [6, 6.07) is 3.83. The number of methoxy groups -OCH3 is 1. The zero-order chi connectivity index (χ0) is 14.9. The van der Waals surface area contributed by atoms with Gasteiger partial charge in [0.15, 0.2) is 0 Å². The summed E-state index contributed by atoms with van der Waals surface area (Å²) in [5.74, 6) is -0.0570. The highest BCUT2D eigenvalue weighted by Crippen LogP contribution is 2.19. The first kappa shape index (κ1) is 15.1. The van der Waals surface area contributed by atoms with Gasteiger partial charge in [-0.25, -0.2) is 0 Å². The summed E-state index contributed by atoms with van der Waals surface area (Å²) in [5, 5.41) is 12.8. The largest absolute Gasteiger partial charge is 0.383 e. The van der Waals surface area contributed by atoms with Crippen LogP contribution in [0, 0.1) is 0 Å². The van der Waals surface area contributed by atoms with Crippen molar-refractivity contribution in [2.24, 2.45) is 0 Å². The maximum Gasteiger partial charge on any atom is 0.234 e. The number of rotatable bonds is 8. The first-order chi connectivity index (χ1) is 10.3. The summed E-state index contributed by atoms with van der Waals surface area (Å²) < 4.78 is 4.87. The molecule has 0 saturated carbocycles. The maximum atomic E-state index is 11.5. The molecule has 112 valence electrons. The second-order valence-corrected chi connectivity index (χ2v) is 4.46. The summed E-state index contributed by atoms with van der Waals surface area (Å²) in [6.45, 7) is 1.84. The number of amides is 1. The third-order valence-corrected chi connectivity index (χ3v) is 2.90. The van der Waals surface area contributed by atoms with Gasteiger partial charge in [0.05, 0.1) is 25.0 Å². The number of H-pyrrole nitrogens is 1. The number of nitrogens with zero attached hydrogens (tertiary/aromatic N) is 2. The fraction of sp³-hybridized carbons (Fsp3) is 0.357. The normalized spacial score (nSPS) is 10.5. The minimum Gasteiger partial charge on any atom is -0.383 e. The number of nitrogens with one attached hydrogen (secondary N) is 3. The van der Waals surface area contributed by atoms with Gasteiger partial charge in [-0.15, -0.1) is 0 Å². The van der Waals surface area contributed by atoms with Crippen molar-refractivity contribution in [3.05, 3.63) is 36.3 Å². The van der Waals surface area contributed by atoms with E-state index in [0.29, 0.717) is 19.7 Å². The van der Waals surface area contributed by atoms with Gasteiger partial charge in [0.1, 0.15) is 0 Å². The third-order valence-electron chi connectivity index (χ3n) is 2.90. The van der Waals surface area contributed by atoms with Gasteiger partial charge in [0.2, 0.25) is 5.91 Å². The van der Waals surface area contributed by atoms with Gasteiger partial charge >= 0.3 is 0 Å². The average molecular weight is 289 g/mol. The van der Waals surface area contributed by atoms with Crippen LogP contribution in [0.15, 0.2) is 30.7 Å². The lowest BCUT2D eigenvalue weighted by atomic mass is 10.1. The second kappa shape index (κ2) is 8.13. The lowest BCUT2D eigenvalue weighted by molar-refractivity contribution is -0.120. The van der Waals surface area contributed by atoms with Crippen LogP contribution in [0.5, 0.6) is 0 Å².